The zero-order chi connectivity index (χ0) is 76.0. The first kappa shape index (κ1) is 99.7. The van der Waals surface area contributed by atoms with E-state index in [2.05, 4.69) is 119 Å². The minimum atomic E-state index is -5.00. The summed E-state index contributed by atoms with van der Waals surface area (Å²) >= 11 is 0. The molecule has 19 heteroatoms. The van der Waals surface area contributed by atoms with Gasteiger partial charge in [0.05, 0.1) is 26.4 Å². The molecule has 0 spiro atoms. The highest BCUT2D eigenvalue weighted by Gasteiger charge is 2.30. The van der Waals surface area contributed by atoms with E-state index in [4.69, 9.17) is 37.0 Å². The van der Waals surface area contributed by atoms with Crippen LogP contribution in [0, 0.1) is 0 Å². The Bertz CT molecular complexity index is 2390. The predicted octanol–water partition coefficient (Wildman–Crippen LogP) is 24.1. The van der Waals surface area contributed by atoms with Crippen LogP contribution in [0.4, 0.5) is 0 Å². The number of rotatable bonds is 77. The Hall–Kier alpha value is -4.28. The molecule has 0 radical (unpaired) electrons. The molecule has 104 heavy (non-hydrogen) atoms. The number of phosphoric ester groups is 2. The van der Waals surface area contributed by atoms with Gasteiger partial charge >= 0.3 is 39.5 Å². The third-order valence-electron chi connectivity index (χ3n) is 17.2. The maximum Gasteiger partial charge on any atom is 0.472 e. The Kier molecular flexibility index (Phi) is 73.7. The third-order valence-corrected chi connectivity index (χ3v) is 19.1. The van der Waals surface area contributed by atoms with Gasteiger partial charge in [0, 0.05) is 25.7 Å². The number of carbonyl (C=O) groups is 4. The molecule has 0 heterocycles. The molecule has 0 aliphatic carbocycles. The van der Waals surface area contributed by atoms with Crippen molar-refractivity contribution in [3.05, 3.63) is 109 Å². The first-order chi connectivity index (χ1) is 50.7. The summed E-state index contributed by atoms with van der Waals surface area (Å²) in [5, 5.41) is 10.6. The highest BCUT2D eigenvalue weighted by atomic mass is 31.2. The lowest BCUT2D eigenvalue weighted by molar-refractivity contribution is -0.161. The molecule has 5 atom stereocenters. The molecule has 2 unspecified atom stereocenters. The Labute approximate surface area is 632 Å². The van der Waals surface area contributed by atoms with Crippen LogP contribution in [0.3, 0.4) is 0 Å². The average molecular weight is 1500 g/mol. The lowest BCUT2D eigenvalue weighted by atomic mass is 10.1. The van der Waals surface area contributed by atoms with Crippen LogP contribution >= 0.6 is 15.6 Å². The number of phosphoric acid groups is 2. The van der Waals surface area contributed by atoms with E-state index in [1.807, 2.05) is 18.2 Å². The molecule has 0 saturated heterocycles. The lowest BCUT2D eigenvalue weighted by Crippen LogP contribution is -2.30. The minimum Gasteiger partial charge on any atom is -0.462 e. The molecule has 600 valence electrons. The van der Waals surface area contributed by atoms with Gasteiger partial charge in [-0.15, -0.1) is 0 Å². The van der Waals surface area contributed by atoms with Crippen molar-refractivity contribution < 1.29 is 80.2 Å². The molecule has 0 amide bonds. The van der Waals surface area contributed by atoms with E-state index in [-0.39, 0.29) is 25.7 Å². The summed E-state index contributed by atoms with van der Waals surface area (Å²) in [6.45, 7) is 4.67. The highest BCUT2D eigenvalue weighted by Crippen LogP contribution is 2.45. The summed E-state index contributed by atoms with van der Waals surface area (Å²) in [4.78, 5) is 73.0. The molecule has 3 N–H and O–H groups in total. The van der Waals surface area contributed by atoms with Gasteiger partial charge in [-0.2, -0.15) is 0 Å². The standard InChI is InChI=1S/C85H148O17P2/c1-5-9-13-17-21-25-29-33-37-38-39-40-44-46-50-54-58-62-66-70-83(88)96-76-81(102-85(90)72-68-64-60-56-52-48-43-36-32-28-24-20-16-12-8-4)78-100-104(93,94)98-74-79(86)73-97-103(91,92)99-77-80(101-84(89)71-67-63-59-55-51-47-42-35-31-27-23-19-15-11-7-3)75-95-82(87)69-65-61-57-53-49-45-41-34-30-26-22-18-14-10-6-2/h9,13,21,25-26,30,33,35-37,39-40,42-43,46,50,58,62,79-81,86H,5-8,10-12,14-20,22-24,27-29,31-32,34,38,41,44-45,47-49,51-57,59-61,63-78H2,1-4H3,(H,91,92)(H,93,94)/b13-9-,25-21-,30-26-,37-33-,40-39-,42-35-,43-36-,50-46-,62-58-/t79-,80+,81+/m0/s1. The zero-order valence-corrected chi connectivity index (χ0v) is 67.5. The SMILES string of the molecule is CC/C=C\C/C=C\C/C=C\C/C=C\C/C=C\C/C=C\CCC(=O)OC[C@H](COP(=O)(O)OC[C@@H](O)COP(=O)(O)OC[C@@H](COC(=O)CCCCCCCCC/C=C\CCCCCC)OC(=O)CCCCCCC/C=C\CCCCCCCC)OC(=O)CCCCCCC/C=C\CCCCCCCC. The van der Waals surface area contributed by atoms with E-state index in [0.29, 0.717) is 32.1 Å². The van der Waals surface area contributed by atoms with Gasteiger partial charge in [-0.1, -0.05) is 291 Å². The second-order valence-electron chi connectivity index (χ2n) is 27.3. The van der Waals surface area contributed by atoms with Crippen molar-refractivity contribution in [1.82, 2.24) is 0 Å². The van der Waals surface area contributed by atoms with Crippen LogP contribution in [-0.4, -0.2) is 96.7 Å². The van der Waals surface area contributed by atoms with E-state index in [0.717, 1.165) is 148 Å². The van der Waals surface area contributed by atoms with Crippen LogP contribution in [0.15, 0.2) is 109 Å². The summed E-state index contributed by atoms with van der Waals surface area (Å²) in [5.41, 5.74) is 0. The van der Waals surface area contributed by atoms with Gasteiger partial charge in [-0.05, 0) is 141 Å². The van der Waals surface area contributed by atoms with Crippen molar-refractivity contribution in [2.75, 3.05) is 39.6 Å². The topological polar surface area (TPSA) is 237 Å². The smallest absolute Gasteiger partial charge is 0.462 e. The fraction of sp³-hybridized carbons (Fsp3) is 0.741. The van der Waals surface area contributed by atoms with Crippen LogP contribution in [-0.2, 0) is 65.4 Å². The molecule has 0 aromatic rings. The summed E-state index contributed by atoms with van der Waals surface area (Å²) in [6.07, 6.45) is 83.6. The number of esters is 4. The van der Waals surface area contributed by atoms with Gasteiger partial charge in [-0.25, -0.2) is 9.13 Å². The third kappa shape index (κ3) is 75.9. The van der Waals surface area contributed by atoms with E-state index in [1.54, 1.807) is 0 Å². The van der Waals surface area contributed by atoms with Crippen molar-refractivity contribution in [3.8, 4) is 0 Å². The van der Waals surface area contributed by atoms with Crippen LogP contribution in [0.25, 0.3) is 0 Å². The Morgan fingerprint density at radius 3 is 0.837 bits per heavy atom. The average Bonchev–Trinajstić information content (AvgIpc) is 0.918. The number of aliphatic hydroxyl groups excluding tert-OH is 1. The number of hydrogen-bond donors (Lipinski definition) is 3. The van der Waals surface area contributed by atoms with Crippen LogP contribution in [0.1, 0.15) is 349 Å². The highest BCUT2D eigenvalue weighted by molar-refractivity contribution is 7.47. The van der Waals surface area contributed by atoms with E-state index >= 15 is 0 Å². The van der Waals surface area contributed by atoms with Crippen molar-refractivity contribution in [1.29, 1.82) is 0 Å². The Morgan fingerprint density at radius 2 is 0.519 bits per heavy atom. The Balaban J connectivity index is 5.43. The molecule has 17 nitrogen and oxygen atoms in total. The van der Waals surface area contributed by atoms with E-state index in [9.17, 15) is 43.2 Å². The Morgan fingerprint density at radius 1 is 0.279 bits per heavy atom. The first-order valence-electron chi connectivity index (χ1n) is 41.1. The lowest BCUT2D eigenvalue weighted by Gasteiger charge is -2.21. The largest absolute Gasteiger partial charge is 0.472 e. The molecular formula is C85H148O17P2. The normalized spacial score (nSPS) is 14.4. The van der Waals surface area contributed by atoms with Crippen molar-refractivity contribution in [2.45, 2.75) is 367 Å². The number of hydrogen-bond acceptors (Lipinski definition) is 15. The van der Waals surface area contributed by atoms with Gasteiger partial charge in [0.25, 0.3) is 0 Å². The monoisotopic (exact) mass is 1500 g/mol. The number of ether oxygens (including phenoxy) is 4. The molecule has 0 bridgehead atoms. The molecule has 0 fully saturated rings. The van der Waals surface area contributed by atoms with Gasteiger partial charge in [-0.3, -0.25) is 37.3 Å². The molecule has 0 aromatic heterocycles. The first-order valence-corrected chi connectivity index (χ1v) is 44.1. The molecule has 0 aromatic carbocycles. The number of carbonyl (C=O) groups excluding carboxylic acids is 4. The zero-order valence-electron chi connectivity index (χ0n) is 65.7. The maximum atomic E-state index is 13.1. The van der Waals surface area contributed by atoms with Gasteiger partial charge in [0.15, 0.2) is 12.2 Å². The number of unbranched alkanes of at least 4 members (excludes halogenated alkanes) is 33. The minimum absolute atomic E-state index is 0.0340. The van der Waals surface area contributed by atoms with Gasteiger partial charge < -0.3 is 33.8 Å². The van der Waals surface area contributed by atoms with Crippen LogP contribution in [0.2, 0.25) is 0 Å². The predicted molar refractivity (Wildman–Crippen MR) is 427 cm³/mol. The van der Waals surface area contributed by atoms with Gasteiger partial charge in [0.2, 0.25) is 0 Å². The second-order valence-corrected chi connectivity index (χ2v) is 30.2. The van der Waals surface area contributed by atoms with Crippen molar-refractivity contribution in [3.63, 3.8) is 0 Å². The fourth-order valence-corrected chi connectivity index (χ4v) is 12.5. The molecule has 0 saturated carbocycles. The summed E-state index contributed by atoms with van der Waals surface area (Å²) in [5.74, 6) is -2.28. The molecular weight excluding hydrogens is 1350 g/mol. The van der Waals surface area contributed by atoms with Gasteiger partial charge in [0.1, 0.15) is 19.3 Å². The van der Waals surface area contributed by atoms with E-state index < -0.39 is 97.5 Å². The summed E-state index contributed by atoms with van der Waals surface area (Å²) < 4.78 is 68.6. The molecule has 0 aliphatic rings. The van der Waals surface area contributed by atoms with Crippen LogP contribution in [0.5, 0.6) is 0 Å². The molecule has 0 rings (SSSR count). The second kappa shape index (κ2) is 76.9. The number of aliphatic hydroxyl groups is 1. The maximum absolute atomic E-state index is 13.1. The summed E-state index contributed by atoms with van der Waals surface area (Å²) in [7, 11) is -9.98. The van der Waals surface area contributed by atoms with Crippen molar-refractivity contribution in [2.24, 2.45) is 0 Å². The number of allylic oxidation sites excluding steroid dienone is 18. The summed E-state index contributed by atoms with van der Waals surface area (Å²) in [6, 6.07) is 0. The van der Waals surface area contributed by atoms with Crippen molar-refractivity contribution >= 4 is 39.5 Å². The van der Waals surface area contributed by atoms with E-state index in [1.165, 1.54) is 116 Å². The fourth-order valence-electron chi connectivity index (χ4n) is 10.9. The quantitative estimate of drug-likeness (QED) is 0.0169. The van der Waals surface area contributed by atoms with Crippen LogP contribution < -0.4 is 0 Å². The molecule has 0 aliphatic heterocycles.